The minimum Gasteiger partial charge on any atom is -0.378 e. The van der Waals surface area contributed by atoms with Crippen LogP contribution in [0.25, 0.3) is 0 Å². The summed E-state index contributed by atoms with van der Waals surface area (Å²) in [5, 5.41) is 3.12. The van der Waals surface area contributed by atoms with Gasteiger partial charge in [0.05, 0.1) is 18.1 Å². The van der Waals surface area contributed by atoms with Crippen molar-refractivity contribution < 1.29 is 13.2 Å². The molecule has 1 N–H and O–H groups in total. The van der Waals surface area contributed by atoms with E-state index in [9.17, 15) is 8.42 Å². The van der Waals surface area contributed by atoms with E-state index in [2.05, 4.69) is 10.3 Å². The fourth-order valence-corrected chi connectivity index (χ4v) is 4.02. The molecule has 0 saturated carbocycles. The quantitative estimate of drug-likeness (QED) is 0.865. The molecule has 6 nitrogen and oxygen atoms in total. The second-order valence-electron chi connectivity index (χ2n) is 5.06. The number of anilines is 1. The third kappa shape index (κ3) is 3.72. The number of pyridine rings is 1. The standard InChI is InChI=1S/C14H23N3O3S/c1-3-6-15-14-10-13(5-7-16-14)21(18,19)17-8-9-20-11-12(17)4-2/h5,7,10,12H,3-4,6,8-9,11H2,1-2H3,(H,15,16). The molecule has 0 aliphatic carbocycles. The zero-order valence-electron chi connectivity index (χ0n) is 12.6. The molecule has 1 fully saturated rings. The fourth-order valence-electron chi connectivity index (χ4n) is 2.33. The van der Waals surface area contributed by atoms with Gasteiger partial charge in [0, 0.05) is 31.4 Å². The molecular weight excluding hydrogens is 290 g/mol. The predicted octanol–water partition coefficient (Wildman–Crippen LogP) is 1.70. The molecule has 0 spiro atoms. The number of hydrogen-bond acceptors (Lipinski definition) is 5. The molecule has 2 heterocycles. The van der Waals surface area contributed by atoms with Crippen LogP contribution in [0.3, 0.4) is 0 Å². The summed E-state index contributed by atoms with van der Waals surface area (Å²) in [4.78, 5) is 4.44. The van der Waals surface area contributed by atoms with Gasteiger partial charge in [0.2, 0.25) is 10.0 Å². The van der Waals surface area contributed by atoms with Crippen molar-refractivity contribution in [3.63, 3.8) is 0 Å². The molecule has 1 unspecified atom stereocenters. The fraction of sp³-hybridized carbons (Fsp3) is 0.643. The van der Waals surface area contributed by atoms with E-state index < -0.39 is 10.0 Å². The summed E-state index contributed by atoms with van der Waals surface area (Å²) in [6.07, 6.45) is 3.23. The highest BCUT2D eigenvalue weighted by atomic mass is 32.2. The lowest BCUT2D eigenvalue weighted by molar-refractivity contribution is 0.0314. The number of hydrogen-bond donors (Lipinski definition) is 1. The van der Waals surface area contributed by atoms with Crippen LogP contribution >= 0.6 is 0 Å². The minimum atomic E-state index is -3.50. The second-order valence-corrected chi connectivity index (χ2v) is 6.95. The van der Waals surface area contributed by atoms with Gasteiger partial charge in [-0.3, -0.25) is 0 Å². The molecule has 7 heteroatoms. The van der Waals surface area contributed by atoms with Gasteiger partial charge in [-0.05, 0) is 18.9 Å². The van der Waals surface area contributed by atoms with Crippen LogP contribution < -0.4 is 5.32 Å². The normalized spacial score (nSPS) is 20.4. The Kier molecular flexibility index (Phi) is 5.55. The van der Waals surface area contributed by atoms with Gasteiger partial charge in [-0.25, -0.2) is 13.4 Å². The number of nitrogens with zero attached hydrogens (tertiary/aromatic N) is 2. The van der Waals surface area contributed by atoms with E-state index >= 15 is 0 Å². The average Bonchev–Trinajstić information content (AvgIpc) is 2.53. The molecule has 1 saturated heterocycles. The SMILES string of the molecule is CCCNc1cc(S(=O)(=O)N2CCOCC2CC)ccn1. The average molecular weight is 313 g/mol. The van der Waals surface area contributed by atoms with Crippen LogP contribution in [0.1, 0.15) is 26.7 Å². The van der Waals surface area contributed by atoms with E-state index in [0.29, 0.717) is 25.6 Å². The van der Waals surface area contributed by atoms with E-state index in [1.807, 2.05) is 13.8 Å². The van der Waals surface area contributed by atoms with Crippen molar-refractivity contribution in [3.05, 3.63) is 18.3 Å². The third-order valence-corrected chi connectivity index (χ3v) is 5.49. The zero-order valence-corrected chi connectivity index (χ0v) is 13.4. The first-order valence-corrected chi connectivity index (χ1v) is 8.83. The molecule has 0 bridgehead atoms. The van der Waals surface area contributed by atoms with Gasteiger partial charge >= 0.3 is 0 Å². The van der Waals surface area contributed by atoms with Crippen molar-refractivity contribution in [1.82, 2.24) is 9.29 Å². The lowest BCUT2D eigenvalue weighted by Crippen LogP contribution is -2.48. The summed E-state index contributed by atoms with van der Waals surface area (Å²) in [7, 11) is -3.50. The van der Waals surface area contributed by atoms with E-state index in [1.54, 1.807) is 16.4 Å². The Morgan fingerprint density at radius 3 is 3.00 bits per heavy atom. The lowest BCUT2D eigenvalue weighted by Gasteiger charge is -2.33. The summed E-state index contributed by atoms with van der Waals surface area (Å²) >= 11 is 0. The number of aromatic nitrogens is 1. The maximum absolute atomic E-state index is 12.8. The van der Waals surface area contributed by atoms with E-state index in [0.717, 1.165) is 19.4 Å². The van der Waals surface area contributed by atoms with Crippen molar-refractivity contribution in [3.8, 4) is 0 Å². The van der Waals surface area contributed by atoms with Gasteiger partial charge in [0.15, 0.2) is 0 Å². The van der Waals surface area contributed by atoms with E-state index in [-0.39, 0.29) is 10.9 Å². The molecule has 1 aliphatic heterocycles. The molecule has 118 valence electrons. The maximum Gasteiger partial charge on any atom is 0.243 e. The molecule has 1 atom stereocenters. The molecule has 0 aromatic carbocycles. The minimum absolute atomic E-state index is 0.0935. The van der Waals surface area contributed by atoms with Crippen LogP contribution in [0.5, 0.6) is 0 Å². The topological polar surface area (TPSA) is 71.5 Å². The molecule has 1 aliphatic rings. The highest BCUT2D eigenvalue weighted by Gasteiger charge is 2.33. The Labute approximate surface area is 126 Å². The van der Waals surface area contributed by atoms with Crippen LogP contribution in [-0.2, 0) is 14.8 Å². The van der Waals surface area contributed by atoms with Gasteiger partial charge in [-0.15, -0.1) is 0 Å². The first-order chi connectivity index (χ1) is 10.1. The van der Waals surface area contributed by atoms with Crippen molar-refractivity contribution >= 4 is 15.8 Å². The molecule has 0 amide bonds. The Bertz CT molecular complexity index is 562. The smallest absolute Gasteiger partial charge is 0.243 e. The van der Waals surface area contributed by atoms with Crippen molar-refractivity contribution in [2.24, 2.45) is 0 Å². The number of ether oxygens (including phenoxy) is 1. The van der Waals surface area contributed by atoms with E-state index in [4.69, 9.17) is 4.74 Å². The summed E-state index contributed by atoms with van der Waals surface area (Å²) in [5.74, 6) is 0.597. The summed E-state index contributed by atoms with van der Waals surface area (Å²) in [6, 6.07) is 3.06. The molecule has 0 radical (unpaired) electrons. The van der Waals surface area contributed by atoms with Crippen LogP contribution in [0.2, 0.25) is 0 Å². The molecule has 21 heavy (non-hydrogen) atoms. The molecule has 1 aromatic rings. The molecular formula is C14H23N3O3S. The number of rotatable bonds is 6. The molecule has 1 aromatic heterocycles. The Hall–Kier alpha value is -1.18. The monoisotopic (exact) mass is 313 g/mol. The number of nitrogens with one attached hydrogen (secondary N) is 1. The van der Waals surface area contributed by atoms with Gasteiger partial charge in [0.25, 0.3) is 0 Å². The van der Waals surface area contributed by atoms with Gasteiger partial charge in [-0.1, -0.05) is 13.8 Å². The van der Waals surface area contributed by atoms with Crippen LogP contribution in [0.15, 0.2) is 23.2 Å². The zero-order chi connectivity index (χ0) is 15.3. The lowest BCUT2D eigenvalue weighted by atomic mass is 10.2. The maximum atomic E-state index is 12.8. The summed E-state index contributed by atoms with van der Waals surface area (Å²) in [5.41, 5.74) is 0. The summed E-state index contributed by atoms with van der Waals surface area (Å²) < 4.78 is 32.5. The van der Waals surface area contributed by atoms with Crippen molar-refractivity contribution in [2.75, 3.05) is 31.6 Å². The highest BCUT2D eigenvalue weighted by molar-refractivity contribution is 7.89. The molecule has 2 rings (SSSR count). The van der Waals surface area contributed by atoms with Gasteiger partial charge < -0.3 is 10.1 Å². The third-order valence-electron chi connectivity index (χ3n) is 3.54. The van der Waals surface area contributed by atoms with Gasteiger partial charge in [-0.2, -0.15) is 4.31 Å². The second kappa shape index (κ2) is 7.20. The predicted molar refractivity (Wildman–Crippen MR) is 81.8 cm³/mol. The Morgan fingerprint density at radius 2 is 2.29 bits per heavy atom. The first kappa shape index (κ1) is 16.2. The van der Waals surface area contributed by atoms with E-state index in [1.165, 1.54) is 6.20 Å². The van der Waals surface area contributed by atoms with Crippen molar-refractivity contribution in [2.45, 2.75) is 37.6 Å². The highest BCUT2D eigenvalue weighted by Crippen LogP contribution is 2.23. The number of sulfonamides is 1. The number of morpholine rings is 1. The largest absolute Gasteiger partial charge is 0.378 e. The Morgan fingerprint density at radius 1 is 1.48 bits per heavy atom. The van der Waals surface area contributed by atoms with Crippen LogP contribution in [-0.4, -0.2) is 50.1 Å². The first-order valence-electron chi connectivity index (χ1n) is 7.39. The van der Waals surface area contributed by atoms with Crippen LogP contribution in [0.4, 0.5) is 5.82 Å². The summed E-state index contributed by atoms with van der Waals surface area (Å²) in [6.45, 7) is 6.10. The van der Waals surface area contributed by atoms with Crippen molar-refractivity contribution in [1.29, 1.82) is 0 Å². The van der Waals surface area contributed by atoms with Crippen LogP contribution in [0, 0.1) is 0 Å². The van der Waals surface area contributed by atoms with Gasteiger partial charge in [0.1, 0.15) is 5.82 Å². The Balaban J connectivity index is 2.25.